The first-order valence-electron chi connectivity index (χ1n) is 11.9. The zero-order valence-corrected chi connectivity index (χ0v) is 22.4. The summed E-state index contributed by atoms with van der Waals surface area (Å²) in [4.78, 5) is 50.6. The van der Waals surface area contributed by atoms with Crippen molar-refractivity contribution in [3.63, 3.8) is 0 Å². The van der Waals surface area contributed by atoms with E-state index in [1.54, 1.807) is 17.0 Å². The van der Waals surface area contributed by atoms with E-state index in [4.69, 9.17) is 27.6 Å². The van der Waals surface area contributed by atoms with Crippen LogP contribution in [0.1, 0.15) is 35.4 Å². The molecule has 0 spiro atoms. The Morgan fingerprint density at radius 2 is 1.95 bits per heavy atom. The van der Waals surface area contributed by atoms with Crippen LogP contribution in [0.25, 0.3) is 16.2 Å². The van der Waals surface area contributed by atoms with Crippen LogP contribution in [0.15, 0.2) is 46.4 Å². The van der Waals surface area contributed by atoms with Crippen molar-refractivity contribution in [3.05, 3.63) is 63.4 Å². The normalized spacial score (nSPS) is 15.1. The van der Waals surface area contributed by atoms with Crippen LogP contribution in [0, 0.1) is 5.92 Å². The van der Waals surface area contributed by atoms with Crippen molar-refractivity contribution in [2.45, 2.75) is 25.3 Å². The summed E-state index contributed by atoms with van der Waals surface area (Å²) >= 11 is 14.2. The van der Waals surface area contributed by atoms with Gasteiger partial charge in [0, 0.05) is 31.8 Å². The lowest BCUT2D eigenvalue weighted by Gasteiger charge is -2.32. The van der Waals surface area contributed by atoms with E-state index in [9.17, 15) is 24.3 Å². The van der Waals surface area contributed by atoms with Gasteiger partial charge in [-0.3, -0.25) is 19.2 Å². The SMILES string of the molecule is O=C(O)CC(CNC(=O)c1ccco1)C(=O)NC1CCN(C(=O)/C=C/c2cc3ccsc3c(Cl)c2Cl)CC1. The highest BCUT2D eigenvalue weighted by molar-refractivity contribution is 7.18. The zero-order chi connectivity index (χ0) is 27.2. The van der Waals surface area contributed by atoms with E-state index in [0.717, 1.165) is 10.1 Å². The molecule has 9 nitrogen and oxygen atoms in total. The lowest BCUT2D eigenvalue weighted by atomic mass is 10.0. The molecule has 0 saturated carbocycles. The van der Waals surface area contributed by atoms with Gasteiger partial charge in [-0.25, -0.2) is 0 Å². The highest BCUT2D eigenvalue weighted by Gasteiger charge is 2.28. The summed E-state index contributed by atoms with van der Waals surface area (Å²) in [5.41, 5.74) is 0.654. The molecule has 3 aromatic rings. The Labute approximate surface area is 232 Å². The fraction of sp³-hybridized carbons (Fsp3) is 0.308. The molecule has 1 saturated heterocycles. The maximum atomic E-state index is 12.8. The average Bonchev–Trinajstić information content (AvgIpc) is 3.60. The second-order valence-corrected chi connectivity index (χ2v) is 10.5. The van der Waals surface area contributed by atoms with Gasteiger partial charge >= 0.3 is 5.97 Å². The molecule has 1 unspecified atom stereocenters. The number of likely N-dealkylation sites (tertiary alicyclic amines) is 1. The second-order valence-electron chi connectivity index (χ2n) is 8.86. The number of fused-ring (bicyclic) bond motifs is 1. The van der Waals surface area contributed by atoms with Gasteiger partial charge < -0.3 is 25.1 Å². The number of amides is 3. The minimum atomic E-state index is -1.15. The maximum Gasteiger partial charge on any atom is 0.304 e. The number of carbonyl (C=O) groups excluding carboxylic acids is 3. The van der Waals surface area contributed by atoms with E-state index in [2.05, 4.69) is 10.6 Å². The lowest BCUT2D eigenvalue weighted by Crippen LogP contribution is -2.49. The highest BCUT2D eigenvalue weighted by Crippen LogP contribution is 2.37. The highest BCUT2D eigenvalue weighted by atomic mass is 35.5. The first-order valence-corrected chi connectivity index (χ1v) is 13.5. The number of thiophene rings is 1. The lowest BCUT2D eigenvalue weighted by molar-refractivity contribution is -0.141. The Kier molecular flexibility index (Phi) is 9.09. The molecular formula is C26H25Cl2N3O6S. The van der Waals surface area contributed by atoms with Crippen molar-refractivity contribution in [1.82, 2.24) is 15.5 Å². The van der Waals surface area contributed by atoms with Crippen LogP contribution in [0.3, 0.4) is 0 Å². The van der Waals surface area contributed by atoms with Crippen molar-refractivity contribution < 1.29 is 28.7 Å². The summed E-state index contributed by atoms with van der Waals surface area (Å²) in [7, 11) is 0. The van der Waals surface area contributed by atoms with E-state index >= 15 is 0 Å². The zero-order valence-electron chi connectivity index (χ0n) is 20.1. The molecular weight excluding hydrogens is 553 g/mol. The number of carboxylic acids is 1. The van der Waals surface area contributed by atoms with Gasteiger partial charge in [0.15, 0.2) is 5.76 Å². The van der Waals surface area contributed by atoms with Gasteiger partial charge in [0.2, 0.25) is 11.8 Å². The van der Waals surface area contributed by atoms with Gasteiger partial charge in [-0.15, -0.1) is 11.3 Å². The summed E-state index contributed by atoms with van der Waals surface area (Å²) < 4.78 is 5.91. The maximum absolute atomic E-state index is 12.8. The summed E-state index contributed by atoms with van der Waals surface area (Å²) in [5.74, 6) is -3.21. The van der Waals surface area contributed by atoms with Crippen molar-refractivity contribution in [2.24, 2.45) is 5.92 Å². The first kappa shape index (κ1) is 27.7. The first-order chi connectivity index (χ1) is 18.2. The number of carboxylic acid groups (broad SMARTS) is 1. The molecule has 200 valence electrons. The number of hydrogen-bond acceptors (Lipinski definition) is 6. The van der Waals surface area contributed by atoms with Crippen LogP contribution in [-0.4, -0.2) is 59.4 Å². The second kappa shape index (κ2) is 12.5. The molecule has 0 radical (unpaired) electrons. The Morgan fingerprint density at radius 3 is 2.63 bits per heavy atom. The molecule has 38 heavy (non-hydrogen) atoms. The summed E-state index contributed by atoms with van der Waals surface area (Å²) in [6.07, 6.45) is 5.04. The number of halogens is 2. The number of benzene rings is 1. The molecule has 4 rings (SSSR count). The average molecular weight is 578 g/mol. The van der Waals surface area contributed by atoms with Crippen LogP contribution in [-0.2, 0) is 14.4 Å². The molecule has 3 N–H and O–H groups in total. The van der Waals surface area contributed by atoms with Crippen LogP contribution < -0.4 is 10.6 Å². The molecule has 1 aliphatic rings. The molecule has 1 aromatic carbocycles. The quantitative estimate of drug-likeness (QED) is 0.322. The standard InChI is InChI=1S/C26H25Cl2N3O6S/c27-22-15(12-16-7-11-38-24(16)23(22)28)3-4-20(32)31-8-5-18(6-9-31)30-25(35)17(13-21(33)34)14-29-26(36)19-2-1-10-37-19/h1-4,7,10-12,17-18H,5-6,8-9,13-14H2,(H,29,36)(H,30,35)(H,33,34)/b4-3+. The monoisotopic (exact) mass is 577 g/mol. The molecule has 2 aromatic heterocycles. The molecule has 0 bridgehead atoms. The summed E-state index contributed by atoms with van der Waals surface area (Å²) in [5, 5.41) is 18.4. The third-order valence-corrected chi connectivity index (χ3v) is 8.20. The molecule has 1 aliphatic heterocycles. The molecule has 1 fully saturated rings. The Hall–Kier alpha value is -3.34. The Bertz CT molecular complexity index is 1360. The smallest absolute Gasteiger partial charge is 0.304 e. The van der Waals surface area contributed by atoms with Crippen LogP contribution in [0.5, 0.6) is 0 Å². The largest absolute Gasteiger partial charge is 0.481 e. The number of furan rings is 1. The van der Waals surface area contributed by atoms with E-state index in [1.165, 1.54) is 29.7 Å². The molecule has 0 aliphatic carbocycles. The topological polar surface area (TPSA) is 129 Å². The van der Waals surface area contributed by atoms with E-state index < -0.39 is 30.1 Å². The fourth-order valence-electron chi connectivity index (χ4n) is 4.20. The van der Waals surface area contributed by atoms with Gasteiger partial charge in [-0.1, -0.05) is 23.2 Å². The number of nitrogens with zero attached hydrogens (tertiary/aromatic N) is 1. The number of hydrogen-bond donors (Lipinski definition) is 3. The number of rotatable bonds is 9. The fourth-order valence-corrected chi connectivity index (χ4v) is 5.64. The minimum Gasteiger partial charge on any atom is -0.481 e. The van der Waals surface area contributed by atoms with Crippen molar-refractivity contribution in [3.8, 4) is 0 Å². The van der Waals surface area contributed by atoms with Gasteiger partial charge in [-0.2, -0.15) is 0 Å². The van der Waals surface area contributed by atoms with Crippen molar-refractivity contribution >= 4 is 74.4 Å². The molecule has 3 heterocycles. The van der Waals surface area contributed by atoms with Crippen molar-refractivity contribution in [1.29, 1.82) is 0 Å². The van der Waals surface area contributed by atoms with Crippen LogP contribution >= 0.6 is 34.5 Å². The summed E-state index contributed by atoms with van der Waals surface area (Å²) in [6, 6.07) is 6.63. The molecule has 12 heteroatoms. The minimum absolute atomic E-state index is 0.0722. The van der Waals surface area contributed by atoms with Gasteiger partial charge in [0.1, 0.15) is 0 Å². The third kappa shape index (κ3) is 6.75. The van der Waals surface area contributed by atoms with Gasteiger partial charge in [-0.05, 0) is 59.5 Å². The van der Waals surface area contributed by atoms with Gasteiger partial charge in [0.05, 0.1) is 33.3 Å². The molecule has 3 amide bonds. The van der Waals surface area contributed by atoms with Crippen molar-refractivity contribution in [2.75, 3.05) is 19.6 Å². The number of aliphatic carboxylic acids is 1. The third-order valence-electron chi connectivity index (χ3n) is 6.26. The van der Waals surface area contributed by atoms with E-state index in [-0.39, 0.29) is 24.3 Å². The predicted octanol–water partition coefficient (Wildman–Crippen LogP) is 4.44. The van der Waals surface area contributed by atoms with Crippen LogP contribution in [0.4, 0.5) is 0 Å². The number of carbonyl (C=O) groups is 4. The predicted molar refractivity (Wildman–Crippen MR) is 145 cm³/mol. The number of piperidine rings is 1. The van der Waals surface area contributed by atoms with Crippen LogP contribution in [0.2, 0.25) is 10.0 Å². The number of nitrogens with one attached hydrogen (secondary N) is 2. The Morgan fingerprint density at radius 1 is 1.18 bits per heavy atom. The van der Waals surface area contributed by atoms with E-state index in [0.29, 0.717) is 41.5 Å². The Balaban J connectivity index is 1.29. The van der Waals surface area contributed by atoms with Gasteiger partial charge in [0.25, 0.3) is 5.91 Å². The molecule has 1 atom stereocenters. The summed E-state index contributed by atoms with van der Waals surface area (Å²) in [6.45, 7) is 0.694. The van der Waals surface area contributed by atoms with E-state index in [1.807, 2.05) is 17.5 Å².